The minimum absolute atomic E-state index is 0.618. The standard InChI is InChI=1S/C21H16N6/c1-2-17-12-16(3-5-19(17)23-9-1)14-27-21-20(25-26-27)6-4-18(24-21)13-15-7-10-22-11-8-15/h1-12H,13-14H2. The highest BCUT2D eigenvalue weighted by atomic mass is 15.4. The highest BCUT2D eigenvalue weighted by Gasteiger charge is 2.09. The highest BCUT2D eigenvalue weighted by molar-refractivity contribution is 5.79. The minimum Gasteiger partial charge on any atom is -0.265 e. The number of aromatic nitrogens is 6. The molecule has 0 aliphatic heterocycles. The lowest BCUT2D eigenvalue weighted by atomic mass is 10.1. The van der Waals surface area contributed by atoms with Crippen molar-refractivity contribution in [3.8, 4) is 0 Å². The lowest BCUT2D eigenvalue weighted by Gasteiger charge is -2.05. The van der Waals surface area contributed by atoms with Crippen LogP contribution in [-0.2, 0) is 13.0 Å². The third-order valence-electron chi connectivity index (χ3n) is 4.55. The van der Waals surface area contributed by atoms with Gasteiger partial charge < -0.3 is 0 Å². The fourth-order valence-electron chi connectivity index (χ4n) is 3.20. The molecule has 0 unspecified atom stereocenters. The summed E-state index contributed by atoms with van der Waals surface area (Å²) >= 11 is 0. The van der Waals surface area contributed by atoms with Crippen LogP contribution in [0.2, 0.25) is 0 Å². The lowest BCUT2D eigenvalue weighted by Crippen LogP contribution is -2.04. The predicted molar refractivity (Wildman–Crippen MR) is 103 cm³/mol. The van der Waals surface area contributed by atoms with E-state index in [2.05, 4.69) is 38.5 Å². The van der Waals surface area contributed by atoms with Crippen LogP contribution in [0.3, 0.4) is 0 Å². The fourth-order valence-corrected chi connectivity index (χ4v) is 3.20. The number of hydrogen-bond acceptors (Lipinski definition) is 5. The third-order valence-corrected chi connectivity index (χ3v) is 4.55. The Bertz CT molecular complexity index is 1230. The van der Waals surface area contributed by atoms with Crippen LogP contribution < -0.4 is 0 Å². The van der Waals surface area contributed by atoms with Crippen molar-refractivity contribution in [3.63, 3.8) is 0 Å². The second-order valence-electron chi connectivity index (χ2n) is 6.46. The molecule has 4 heterocycles. The van der Waals surface area contributed by atoms with Crippen molar-refractivity contribution >= 4 is 22.1 Å². The lowest BCUT2D eigenvalue weighted by molar-refractivity contribution is 0.663. The van der Waals surface area contributed by atoms with Gasteiger partial charge in [-0.1, -0.05) is 17.3 Å². The van der Waals surface area contributed by atoms with E-state index in [4.69, 9.17) is 4.98 Å². The number of nitrogens with zero attached hydrogens (tertiary/aromatic N) is 6. The molecule has 1 aromatic carbocycles. The first-order valence-electron chi connectivity index (χ1n) is 8.77. The van der Waals surface area contributed by atoms with Gasteiger partial charge in [0.2, 0.25) is 0 Å². The van der Waals surface area contributed by atoms with E-state index in [1.165, 1.54) is 5.56 Å². The zero-order valence-corrected chi connectivity index (χ0v) is 14.5. The summed E-state index contributed by atoms with van der Waals surface area (Å²) in [6.07, 6.45) is 6.16. The van der Waals surface area contributed by atoms with Crippen LogP contribution in [0.25, 0.3) is 22.1 Å². The molecule has 27 heavy (non-hydrogen) atoms. The van der Waals surface area contributed by atoms with Crippen molar-refractivity contribution in [1.82, 2.24) is 29.9 Å². The Labute approximate surface area is 155 Å². The highest BCUT2D eigenvalue weighted by Crippen LogP contribution is 2.17. The first-order chi connectivity index (χ1) is 13.3. The summed E-state index contributed by atoms with van der Waals surface area (Å²) in [5, 5.41) is 9.67. The van der Waals surface area contributed by atoms with E-state index in [1.54, 1.807) is 18.6 Å². The van der Waals surface area contributed by atoms with Gasteiger partial charge in [0.05, 0.1) is 12.1 Å². The van der Waals surface area contributed by atoms with Crippen LogP contribution >= 0.6 is 0 Å². The maximum atomic E-state index is 4.79. The second-order valence-corrected chi connectivity index (χ2v) is 6.46. The SMILES string of the molecule is c1cnc2ccc(Cn3nnc4ccc(Cc5ccncc5)nc43)cc2c1. The predicted octanol–water partition coefficient (Wildman–Crippen LogP) is 3.41. The molecule has 0 radical (unpaired) electrons. The van der Waals surface area contributed by atoms with Crippen molar-refractivity contribution in [2.24, 2.45) is 0 Å². The van der Waals surface area contributed by atoms with Crippen LogP contribution in [0.1, 0.15) is 16.8 Å². The molecule has 5 rings (SSSR count). The topological polar surface area (TPSA) is 69.4 Å². The van der Waals surface area contributed by atoms with E-state index in [0.29, 0.717) is 6.54 Å². The maximum absolute atomic E-state index is 4.79. The van der Waals surface area contributed by atoms with Gasteiger partial charge in [0.1, 0.15) is 5.52 Å². The summed E-state index contributed by atoms with van der Waals surface area (Å²) in [4.78, 5) is 13.2. The van der Waals surface area contributed by atoms with Gasteiger partial charge in [0.15, 0.2) is 5.65 Å². The summed E-state index contributed by atoms with van der Waals surface area (Å²) in [7, 11) is 0. The minimum atomic E-state index is 0.618. The number of hydrogen-bond donors (Lipinski definition) is 0. The molecule has 4 aromatic heterocycles. The Morgan fingerprint density at radius 3 is 2.63 bits per heavy atom. The molecule has 0 aliphatic carbocycles. The Kier molecular flexibility index (Phi) is 3.79. The van der Waals surface area contributed by atoms with E-state index >= 15 is 0 Å². The molecule has 0 bridgehead atoms. The molecule has 6 nitrogen and oxygen atoms in total. The van der Waals surface area contributed by atoms with Crippen LogP contribution in [-0.4, -0.2) is 29.9 Å². The van der Waals surface area contributed by atoms with E-state index in [1.807, 2.05) is 41.1 Å². The van der Waals surface area contributed by atoms with Gasteiger partial charge in [-0.15, -0.1) is 5.10 Å². The summed E-state index contributed by atoms with van der Waals surface area (Å²) in [6.45, 7) is 0.618. The van der Waals surface area contributed by atoms with Crippen LogP contribution in [0.5, 0.6) is 0 Å². The monoisotopic (exact) mass is 352 g/mol. The largest absolute Gasteiger partial charge is 0.265 e. The van der Waals surface area contributed by atoms with Crippen LogP contribution in [0.4, 0.5) is 0 Å². The van der Waals surface area contributed by atoms with Crippen molar-refractivity contribution in [2.75, 3.05) is 0 Å². The van der Waals surface area contributed by atoms with Crippen molar-refractivity contribution in [3.05, 3.63) is 90.0 Å². The zero-order chi connectivity index (χ0) is 18.1. The first kappa shape index (κ1) is 15.6. The molecular weight excluding hydrogens is 336 g/mol. The quantitative estimate of drug-likeness (QED) is 0.496. The second kappa shape index (κ2) is 6.57. The van der Waals surface area contributed by atoms with Gasteiger partial charge in [0, 0.05) is 36.1 Å². The molecule has 0 amide bonds. The summed E-state index contributed by atoms with van der Waals surface area (Å²) in [6, 6.07) is 18.2. The van der Waals surface area contributed by atoms with Crippen molar-refractivity contribution in [1.29, 1.82) is 0 Å². The smallest absolute Gasteiger partial charge is 0.179 e. The van der Waals surface area contributed by atoms with E-state index in [0.717, 1.165) is 39.7 Å². The molecule has 130 valence electrons. The Morgan fingerprint density at radius 1 is 0.815 bits per heavy atom. The molecule has 6 heteroatoms. The molecular formula is C21H16N6. The number of benzene rings is 1. The normalized spacial score (nSPS) is 11.3. The van der Waals surface area contributed by atoms with Gasteiger partial charge in [0.25, 0.3) is 0 Å². The number of rotatable bonds is 4. The number of fused-ring (bicyclic) bond motifs is 2. The maximum Gasteiger partial charge on any atom is 0.179 e. The molecule has 5 aromatic rings. The Balaban J connectivity index is 1.48. The molecule has 0 saturated heterocycles. The molecule has 0 spiro atoms. The van der Waals surface area contributed by atoms with Gasteiger partial charge in [-0.25, -0.2) is 9.67 Å². The third kappa shape index (κ3) is 3.13. The molecule has 0 atom stereocenters. The fraction of sp³-hybridized carbons (Fsp3) is 0.0952. The van der Waals surface area contributed by atoms with Gasteiger partial charge >= 0.3 is 0 Å². The van der Waals surface area contributed by atoms with E-state index < -0.39 is 0 Å². The average Bonchev–Trinajstić information content (AvgIpc) is 3.11. The Morgan fingerprint density at radius 2 is 1.70 bits per heavy atom. The summed E-state index contributed by atoms with van der Waals surface area (Å²) < 4.78 is 1.85. The molecule has 0 N–H and O–H groups in total. The summed E-state index contributed by atoms with van der Waals surface area (Å²) in [5.41, 5.74) is 5.90. The summed E-state index contributed by atoms with van der Waals surface area (Å²) in [5.74, 6) is 0. The van der Waals surface area contributed by atoms with Crippen LogP contribution in [0.15, 0.2) is 73.2 Å². The van der Waals surface area contributed by atoms with E-state index in [-0.39, 0.29) is 0 Å². The van der Waals surface area contributed by atoms with Gasteiger partial charge in [-0.3, -0.25) is 9.97 Å². The van der Waals surface area contributed by atoms with Gasteiger partial charge in [-0.2, -0.15) is 0 Å². The van der Waals surface area contributed by atoms with Crippen molar-refractivity contribution < 1.29 is 0 Å². The zero-order valence-electron chi connectivity index (χ0n) is 14.5. The van der Waals surface area contributed by atoms with Crippen molar-refractivity contribution in [2.45, 2.75) is 13.0 Å². The Hall–Kier alpha value is -3.67. The molecule has 0 aliphatic rings. The number of pyridine rings is 3. The molecule has 0 saturated carbocycles. The first-order valence-corrected chi connectivity index (χ1v) is 8.77. The van der Waals surface area contributed by atoms with Gasteiger partial charge in [-0.05, 0) is 53.6 Å². The van der Waals surface area contributed by atoms with Crippen LogP contribution in [0, 0.1) is 0 Å². The molecule has 0 fully saturated rings. The average molecular weight is 352 g/mol. The van der Waals surface area contributed by atoms with E-state index in [9.17, 15) is 0 Å².